The van der Waals surface area contributed by atoms with E-state index in [1.807, 2.05) is 0 Å². The minimum Gasteiger partial charge on any atom is -0.391 e. The van der Waals surface area contributed by atoms with Gasteiger partial charge in [-0.15, -0.1) is 11.3 Å². The minimum absolute atomic E-state index is 0.147. The van der Waals surface area contributed by atoms with E-state index in [-0.39, 0.29) is 23.7 Å². The zero-order chi connectivity index (χ0) is 20.7. The molecule has 2 aliphatic heterocycles. The van der Waals surface area contributed by atoms with Gasteiger partial charge in [-0.3, -0.25) is 4.79 Å². The predicted octanol–water partition coefficient (Wildman–Crippen LogP) is 0.767. The number of nitrogens with two attached hydrogens (primary N) is 1. The molecule has 29 heavy (non-hydrogen) atoms. The summed E-state index contributed by atoms with van der Waals surface area (Å²) in [6.45, 7) is 8.25. The number of hydrogen-bond acceptors (Lipinski definition) is 8. The van der Waals surface area contributed by atoms with E-state index in [0.29, 0.717) is 30.0 Å². The maximum Gasteiger partial charge on any atom is 0.208 e. The smallest absolute Gasteiger partial charge is 0.208 e. The monoisotopic (exact) mass is 418 g/mol. The summed E-state index contributed by atoms with van der Waals surface area (Å²) in [4.78, 5) is 19.3. The Morgan fingerprint density at radius 2 is 2.00 bits per heavy atom. The van der Waals surface area contributed by atoms with Crippen LogP contribution in [-0.4, -0.2) is 50.7 Å². The van der Waals surface area contributed by atoms with Crippen LogP contribution in [0.5, 0.6) is 0 Å². The molecular weight excluding hydrogens is 392 g/mol. The number of carbonyl (C=O) groups excluding carboxylic acids is 1. The number of anilines is 1. The van der Waals surface area contributed by atoms with Gasteiger partial charge in [0, 0.05) is 22.1 Å². The van der Waals surface area contributed by atoms with E-state index in [9.17, 15) is 20.1 Å². The second-order valence-corrected chi connectivity index (χ2v) is 11.5. The molecule has 1 aromatic heterocycles. The molecule has 2 saturated heterocycles. The molecule has 8 atom stereocenters. The lowest BCUT2D eigenvalue weighted by Gasteiger charge is -2.73. The number of aromatic nitrogens is 1. The lowest BCUT2D eigenvalue weighted by molar-refractivity contribution is -0.429. The Morgan fingerprint density at radius 1 is 1.28 bits per heavy atom. The summed E-state index contributed by atoms with van der Waals surface area (Å²) in [5, 5.41) is 35.2. The fraction of sp³-hybridized carbons (Fsp3) is 0.714. The summed E-state index contributed by atoms with van der Waals surface area (Å²) in [5.41, 5.74) is 4.43. The SMILES string of the molecule is C=C1C(=O)[C@]23[C@H](O)[C@H]1CC[C@H]2[C@@]12CO[C@]3(O)[C@@H](O)[C@@H]1C(C)(C)Cc1sc(N)nc12. The predicted molar refractivity (Wildman–Crippen MR) is 105 cm³/mol. The van der Waals surface area contributed by atoms with Gasteiger partial charge in [0.15, 0.2) is 10.9 Å². The van der Waals surface area contributed by atoms with Crippen LogP contribution in [0.3, 0.4) is 0 Å². The highest BCUT2D eigenvalue weighted by Gasteiger charge is 2.86. The highest BCUT2D eigenvalue weighted by atomic mass is 32.1. The second kappa shape index (κ2) is 4.94. The Kier molecular flexibility index (Phi) is 3.14. The van der Waals surface area contributed by atoms with Gasteiger partial charge in [0.2, 0.25) is 5.79 Å². The van der Waals surface area contributed by atoms with Gasteiger partial charge < -0.3 is 25.8 Å². The summed E-state index contributed by atoms with van der Waals surface area (Å²) in [5.74, 6) is -3.70. The number of hydrogen-bond donors (Lipinski definition) is 4. The minimum atomic E-state index is -2.14. The van der Waals surface area contributed by atoms with Crippen molar-refractivity contribution in [3.05, 3.63) is 22.7 Å². The summed E-state index contributed by atoms with van der Waals surface area (Å²) in [6, 6.07) is 0. The van der Waals surface area contributed by atoms with Crippen LogP contribution in [-0.2, 0) is 21.4 Å². The van der Waals surface area contributed by atoms with Crippen LogP contribution >= 0.6 is 11.3 Å². The van der Waals surface area contributed by atoms with Crippen LogP contribution in [0.15, 0.2) is 12.2 Å². The van der Waals surface area contributed by atoms with Crippen LogP contribution in [0.1, 0.15) is 37.3 Å². The van der Waals surface area contributed by atoms with Gasteiger partial charge in [-0.2, -0.15) is 0 Å². The first-order valence-electron chi connectivity index (χ1n) is 10.2. The molecule has 1 aromatic rings. The quantitative estimate of drug-likeness (QED) is 0.459. The maximum atomic E-state index is 13.6. The third-order valence-corrected chi connectivity index (χ3v) is 9.79. The Bertz CT molecular complexity index is 990. The molecule has 0 unspecified atom stereocenters. The van der Waals surface area contributed by atoms with Crippen molar-refractivity contribution < 1.29 is 24.9 Å². The molecule has 7 rings (SSSR count). The number of aliphatic hydroxyl groups excluding tert-OH is 2. The molecule has 6 aliphatic rings. The molecule has 156 valence electrons. The summed E-state index contributed by atoms with van der Waals surface area (Å²) in [6.07, 6.45) is -0.532. The van der Waals surface area contributed by atoms with Crippen molar-refractivity contribution in [2.45, 2.75) is 56.5 Å². The van der Waals surface area contributed by atoms with Crippen molar-refractivity contribution in [3.8, 4) is 0 Å². The first-order chi connectivity index (χ1) is 13.5. The molecule has 3 heterocycles. The van der Waals surface area contributed by atoms with E-state index in [1.54, 1.807) is 0 Å². The molecule has 0 radical (unpaired) electrons. The zero-order valence-corrected chi connectivity index (χ0v) is 17.3. The van der Waals surface area contributed by atoms with E-state index >= 15 is 0 Å². The number of ketones is 1. The first kappa shape index (κ1) is 18.4. The average Bonchev–Trinajstić information content (AvgIpc) is 3.05. The summed E-state index contributed by atoms with van der Waals surface area (Å²) >= 11 is 1.44. The third-order valence-electron chi connectivity index (χ3n) is 8.91. The van der Waals surface area contributed by atoms with Crippen molar-refractivity contribution >= 4 is 22.3 Å². The van der Waals surface area contributed by atoms with Crippen LogP contribution in [0.2, 0.25) is 0 Å². The fourth-order valence-electron chi connectivity index (χ4n) is 8.11. The normalized spacial score (nSPS) is 51.6. The van der Waals surface area contributed by atoms with Gasteiger partial charge in [0.25, 0.3) is 0 Å². The Morgan fingerprint density at radius 3 is 2.72 bits per heavy atom. The molecule has 8 heteroatoms. The number of rotatable bonds is 0. The number of Topliss-reactive ketones (excluding diaryl/α,β-unsaturated/α-hetero) is 1. The average molecular weight is 419 g/mol. The first-order valence-corrected chi connectivity index (χ1v) is 11.1. The van der Waals surface area contributed by atoms with Crippen molar-refractivity contribution in [1.29, 1.82) is 0 Å². The van der Waals surface area contributed by atoms with Gasteiger partial charge in [0.05, 0.1) is 18.4 Å². The fourth-order valence-corrected chi connectivity index (χ4v) is 9.28. The molecule has 4 bridgehead atoms. The molecule has 0 aromatic carbocycles. The number of carbonyl (C=O) groups is 1. The van der Waals surface area contributed by atoms with E-state index in [2.05, 4.69) is 25.4 Å². The summed E-state index contributed by atoms with van der Waals surface area (Å²) < 4.78 is 5.98. The molecule has 0 amide bonds. The number of aliphatic hydroxyl groups is 3. The van der Waals surface area contributed by atoms with Gasteiger partial charge in [-0.05, 0) is 36.2 Å². The third kappa shape index (κ3) is 1.60. The molecule has 3 saturated carbocycles. The Balaban J connectivity index is 1.71. The molecule has 7 nitrogen and oxygen atoms in total. The molecule has 5 fully saturated rings. The lowest BCUT2D eigenvalue weighted by atomic mass is 9.36. The van der Waals surface area contributed by atoms with E-state index in [1.165, 1.54) is 11.3 Å². The highest BCUT2D eigenvalue weighted by molar-refractivity contribution is 7.15. The van der Waals surface area contributed by atoms with Gasteiger partial charge in [-0.25, -0.2) is 4.98 Å². The number of thiazole rings is 1. The van der Waals surface area contributed by atoms with Crippen molar-refractivity contribution in [2.24, 2.45) is 28.6 Å². The van der Waals surface area contributed by atoms with E-state index in [0.717, 1.165) is 10.6 Å². The lowest BCUT2D eigenvalue weighted by Crippen LogP contribution is -2.85. The van der Waals surface area contributed by atoms with Gasteiger partial charge in [0.1, 0.15) is 11.5 Å². The largest absolute Gasteiger partial charge is 0.391 e. The van der Waals surface area contributed by atoms with Gasteiger partial charge >= 0.3 is 0 Å². The van der Waals surface area contributed by atoms with Gasteiger partial charge in [-0.1, -0.05) is 20.4 Å². The Labute approximate surface area is 172 Å². The second-order valence-electron chi connectivity index (χ2n) is 10.3. The number of fused-ring (bicyclic) bond motifs is 3. The molecule has 5 N–H and O–H groups in total. The van der Waals surface area contributed by atoms with Crippen molar-refractivity contribution in [1.82, 2.24) is 4.98 Å². The number of nitrogen functional groups attached to an aromatic ring is 1. The zero-order valence-electron chi connectivity index (χ0n) is 16.5. The van der Waals surface area contributed by atoms with Crippen LogP contribution in [0.4, 0.5) is 5.13 Å². The number of ether oxygens (including phenoxy) is 1. The Hall–Kier alpha value is -1.32. The van der Waals surface area contributed by atoms with E-state index in [4.69, 9.17) is 10.5 Å². The number of nitrogens with zero attached hydrogens (tertiary/aromatic N) is 1. The van der Waals surface area contributed by atoms with Crippen LogP contribution in [0, 0.1) is 28.6 Å². The molecule has 2 spiro atoms. The topological polar surface area (TPSA) is 126 Å². The standard InChI is InChI=1S/C21H26N2O5S/c1-8-9-4-5-11-19-7-28-21(27,20(11,14(8)24)15(9)25)16(26)12(19)18(2,3)6-10-13(19)23-17(22)29-10/h9,11-12,15-16,25-27H,1,4-7H2,2-3H3,(H2,22,23)/t9-,11-,12+,15+,16-,19-,20-,21+/m0/s1. The molecular formula is C21H26N2O5S. The van der Waals surface area contributed by atoms with Crippen LogP contribution < -0.4 is 5.73 Å². The maximum absolute atomic E-state index is 13.6. The van der Waals surface area contributed by atoms with Crippen LogP contribution in [0.25, 0.3) is 0 Å². The van der Waals surface area contributed by atoms with Crippen molar-refractivity contribution in [2.75, 3.05) is 12.3 Å². The van der Waals surface area contributed by atoms with E-state index < -0.39 is 40.7 Å². The summed E-state index contributed by atoms with van der Waals surface area (Å²) in [7, 11) is 0. The highest BCUT2D eigenvalue weighted by Crippen LogP contribution is 2.75. The molecule has 4 aliphatic carbocycles. The van der Waals surface area contributed by atoms with Crippen molar-refractivity contribution in [3.63, 3.8) is 0 Å².